The SMILES string of the molecule is Cc1nn(-c2ccc(F)cc2)c2sc(C(=O)N[C@@H]3CCCC[C@@H]3O)cc12. The molecule has 1 aromatic carbocycles. The number of aromatic nitrogens is 2. The molecule has 136 valence electrons. The lowest BCUT2D eigenvalue weighted by molar-refractivity contribution is 0.0720. The van der Waals surface area contributed by atoms with Gasteiger partial charge >= 0.3 is 0 Å². The number of amides is 1. The standard InChI is InChI=1S/C19H20FN3O2S/c1-11-14-10-17(18(25)21-15-4-2-3-5-16(15)24)26-19(14)23(22-11)13-8-6-12(20)7-9-13/h6-10,15-16,24H,2-5H2,1H3,(H,21,25)/t15-,16+/m1/s1. The number of thiophene rings is 1. The third-order valence-electron chi connectivity index (χ3n) is 4.89. The van der Waals surface area contributed by atoms with Gasteiger partial charge in [0, 0.05) is 5.39 Å². The lowest BCUT2D eigenvalue weighted by Crippen LogP contribution is -2.44. The number of hydrogen-bond acceptors (Lipinski definition) is 4. The van der Waals surface area contributed by atoms with E-state index in [0.29, 0.717) is 4.88 Å². The predicted octanol–water partition coefficient (Wildman–Crippen LogP) is 3.57. The first-order valence-corrected chi connectivity index (χ1v) is 9.58. The van der Waals surface area contributed by atoms with Crippen LogP contribution in [0, 0.1) is 12.7 Å². The van der Waals surface area contributed by atoms with E-state index in [2.05, 4.69) is 10.4 Å². The summed E-state index contributed by atoms with van der Waals surface area (Å²) in [5.74, 6) is -0.464. The number of carbonyl (C=O) groups excluding carboxylic acids is 1. The fraction of sp³-hybridized carbons (Fsp3) is 0.368. The van der Waals surface area contributed by atoms with Crippen LogP contribution < -0.4 is 5.32 Å². The van der Waals surface area contributed by atoms with Gasteiger partial charge in [0.05, 0.1) is 28.4 Å². The molecule has 1 aliphatic rings. The van der Waals surface area contributed by atoms with Crippen LogP contribution in [0.4, 0.5) is 4.39 Å². The van der Waals surface area contributed by atoms with Gasteiger partial charge < -0.3 is 10.4 Å². The van der Waals surface area contributed by atoms with Crippen LogP contribution in [0.3, 0.4) is 0 Å². The van der Waals surface area contributed by atoms with Gasteiger partial charge in [0.1, 0.15) is 10.6 Å². The van der Waals surface area contributed by atoms with Crippen molar-refractivity contribution in [2.24, 2.45) is 0 Å². The highest BCUT2D eigenvalue weighted by atomic mass is 32.1. The van der Waals surface area contributed by atoms with Crippen LogP contribution >= 0.6 is 11.3 Å². The normalized spacial score (nSPS) is 20.4. The number of aliphatic hydroxyl groups excluding tert-OH is 1. The van der Waals surface area contributed by atoms with E-state index < -0.39 is 6.10 Å². The number of fused-ring (bicyclic) bond motifs is 1. The minimum atomic E-state index is -0.474. The third kappa shape index (κ3) is 3.12. The third-order valence-corrected chi connectivity index (χ3v) is 5.99. The second kappa shape index (κ2) is 6.81. The van der Waals surface area contributed by atoms with Crippen LogP contribution in [0.5, 0.6) is 0 Å². The molecule has 2 aromatic heterocycles. The van der Waals surface area contributed by atoms with Gasteiger partial charge in [-0.1, -0.05) is 12.8 Å². The summed E-state index contributed by atoms with van der Waals surface area (Å²) in [5.41, 5.74) is 1.57. The van der Waals surface area contributed by atoms with Gasteiger partial charge in [0.25, 0.3) is 5.91 Å². The summed E-state index contributed by atoms with van der Waals surface area (Å²) in [5, 5.41) is 18.5. The molecule has 2 N–H and O–H groups in total. The number of nitrogens with zero attached hydrogens (tertiary/aromatic N) is 2. The fourth-order valence-corrected chi connectivity index (χ4v) is 4.52. The lowest BCUT2D eigenvalue weighted by Gasteiger charge is -2.28. The van der Waals surface area contributed by atoms with Crippen molar-refractivity contribution in [1.82, 2.24) is 15.1 Å². The number of hydrogen-bond donors (Lipinski definition) is 2. The first kappa shape index (κ1) is 17.2. The molecule has 0 radical (unpaired) electrons. The number of halogens is 1. The number of nitrogens with one attached hydrogen (secondary N) is 1. The minimum absolute atomic E-state index is 0.165. The van der Waals surface area contributed by atoms with Gasteiger partial charge in [0.15, 0.2) is 0 Å². The maximum atomic E-state index is 13.2. The van der Waals surface area contributed by atoms with E-state index in [9.17, 15) is 14.3 Å². The van der Waals surface area contributed by atoms with Crippen molar-refractivity contribution in [3.05, 3.63) is 46.7 Å². The van der Waals surface area contributed by atoms with Crippen molar-refractivity contribution in [2.45, 2.75) is 44.8 Å². The minimum Gasteiger partial charge on any atom is -0.391 e. The van der Waals surface area contributed by atoms with Gasteiger partial charge in [-0.3, -0.25) is 4.79 Å². The van der Waals surface area contributed by atoms with E-state index in [1.807, 2.05) is 13.0 Å². The summed E-state index contributed by atoms with van der Waals surface area (Å²) in [6.07, 6.45) is 3.09. The van der Waals surface area contributed by atoms with Crippen LogP contribution in [0.25, 0.3) is 15.9 Å². The van der Waals surface area contributed by atoms with E-state index >= 15 is 0 Å². The highest BCUT2D eigenvalue weighted by Crippen LogP contribution is 2.31. The van der Waals surface area contributed by atoms with Crippen LogP contribution in [0.1, 0.15) is 41.0 Å². The van der Waals surface area contributed by atoms with Gasteiger partial charge in [-0.05, 0) is 50.1 Å². The van der Waals surface area contributed by atoms with Crippen LogP contribution in [-0.2, 0) is 0 Å². The molecular formula is C19H20FN3O2S. The van der Waals surface area contributed by atoms with E-state index in [1.165, 1.54) is 23.5 Å². The van der Waals surface area contributed by atoms with E-state index in [4.69, 9.17) is 0 Å². The summed E-state index contributed by atoms with van der Waals surface area (Å²) < 4.78 is 14.9. The quantitative estimate of drug-likeness (QED) is 0.738. The number of aryl methyl sites for hydroxylation is 1. The van der Waals surface area contributed by atoms with Gasteiger partial charge in [-0.15, -0.1) is 11.3 Å². The second-order valence-electron chi connectivity index (χ2n) is 6.73. The highest BCUT2D eigenvalue weighted by molar-refractivity contribution is 7.20. The molecule has 7 heteroatoms. The smallest absolute Gasteiger partial charge is 0.261 e. The molecule has 2 atom stereocenters. The van der Waals surface area contributed by atoms with Crippen LogP contribution in [-0.4, -0.2) is 32.9 Å². The molecule has 0 aliphatic heterocycles. The van der Waals surface area contributed by atoms with Crippen molar-refractivity contribution in [3.63, 3.8) is 0 Å². The molecule has 2 heterocycles. The second-order valence-corrected chi connectivity index (χ2v) is 7.77. The van der Waals surface area contributed by atoms with Gasteiger partial charge in [-0.2, -0.15) is 5.10 Å². The zero-order valence-electron chi connectivity index (χ0n) is 14.4. The van der Waals surface area contributed by atoms with Gasteiger partial charge in [-0.25, -0.2) is 9.07 Å². The van der Waals surface area contributed by atoms with Crippen LogP contribution in [0.15, 0.2) is 30.3 Å². The summed E-state index contributed by atoms with van der Waals surface area (Å²) in [7, 11) is 0. The largest absolute Gasteiger partial charge is 0.391 e. The maximum Gasteiger partial charge on any atom is 0.261 e. The predicted molar refractivity (Wildman–Crippen MR) is 99.4 cm³/mol. The molecule has 4 rings (SSSR count). The van der Waals surface area contributed by atoms with Crippen LogP contribution in [0.2, 0.25) is 0 Å². The van der Waals surface area contributed by atoms with Gasteiger partial charge in [0.2, 0.25) is 0 Å². The first-order chi connectivity index (χ1) is 12.5. The molecule has 0 saturated heterocycles. The molecule has 1 aliphatic carbocycles. The Balaban J connectivity index is 1.64. The molecule has 1 amide bonds. The molecule has 1 saturated carbocycles. The Bertz CT molecular complexity index is 948. The molecule has 5 nitrogen and oxygen atoms in total. The summed E-state index contributed by atoms with van der Waals surface area (Å²) in [6.45, 7) is 1.89. The summed E-state index contributed by atoms with van der Waals surface area (Å²) >= 11 is 1.35. The summed E-state index contributed by atoms with van der Waals surface area (Å²) in [6, 6.07) is 7.77. The number of rotatable bonds is 3. The molecule has 26 heavy (non-hydrogen) atoms. The highest BCUT2D eigenvalue weighted by Gasteiger charge is 2.26. The number of benzene rings is 1. The Kier molecular flexibility index (Phi) is 4.50. The zero-order chi connectivity index (χ0) is 18.3. The topological polar surface area (TPSA) is 67.2 Å². The molecule has 0 spiro atoms. The molecular weight excluding hydrogens is 353 g/mol. The Morgan fingerprint density at radius 1 is 1.31 bits per heavy atom. The Labute approximate surface area is 154 Å². The van der Waals surface area contributed by atoms with Crippen molar-refractivity contribution in [2.75, 3.05) is 0 Å². The number of carbonyl (C=O) groups is 1. The first-order valence-electron chi connectivity index (χ1n) is 8.77. The lowest BCUT2D eigenvalue weighted by atomic mass is 9.92. The Hall–Kier alpha value is -2.25. The molecule has 0 unspecified atom stereocenters. The molecule has 3 aromatic rings. The van der Waals surface area contributed by atoms with Crippen molar-refractivity contribution >= 4 is 27.5 Å². The average molecular weight is 373 g/mol. The molecule has 0 bridgehead atoms. The Morgan fingerprint density at radius 3 is 2.77 bits per heavy atom. The molecule has 1 fully saturated rings. The zero-order valence-corrected chi connectivity index (χ0v) is 15.2. The Morgan fingerprint density at radius 2 is 2.04 bits per heavy atom. The monoisotopic (exact) mass is 373 g/mol. The maximum absolute atomic E-state index is 13.2. The average Bonchev–Trinajstić information content (AvgIpc) is 3.19. The fourth-order valence-electron chi connectivity index (χ4n) is 3.44. The van der Waals surface area contributed by atoms with E-state index in [-0.39, 0.29) is 17.8 Å². The van der Waals surface area contributed by atoms with Crippen molar-refractivity contribution in [3.8, 4) is 5.69 Å². The number of aliphatic hydroxyl groups is 1. The van der Waals surface area contributed by atoms with Crippen molar-refractivity contribution in [1.29, 1.82) is 0 Å². The van der Waals surface area contributed by atoms with E-state index in [0.717, 1.165) is 47.3 Å². The van der Waals surface area contributed by atoms with E-state index in [1.54, 1.807) is 16.8 Å². The van der Waals surface area contributed by atoms with Crippen molar-refractivity contribution < 1.29 is 14.3 Å². The summed E-state index contributed by atoms with van der Waals surface area (Å²) in [4.78, 5) is 14.1.